The lowest BCUT2D eigenvalue weighted by Crippen LogP contribution is -2.58. The molecule has 41 heavy (non-hydrogen) atoms. The van der Waals surface area contributed by atoms with Crippen molar-refractivity contribution in [2.45, 2.75) is 49.9 Å². The molecule has 9 N–H and O–H groups in total. The molecule has 4 atom stereocenters. The Morgan fingerprint density at radius 1 is 0.951 bits per heavy atom. The normalized spacial score (nSPS) is 14.0. The second-order valence-electron chi connectivity index (χ2n) is 9.35. The molecule has 15 heteroatoms. The fourth-order valence-corrected chi connectivity index (χ4v) is 4.63. The molecule has 3 aromatic rings. The predicted octanol–water partition coefficient (Wildman–Crippen LogP) is -0.230. The van der Waals surface area contributed by atoms with Crippen LogP contribution in [0.15, 0.2) is 43.0 Å². The number of nitrogens with zero attached hydrogens (tertiary/aromatic N) is 1. The molecule has 1 aromatic carbocycles. The second kappa shape index (κ2) is 14.9. The number of fused-ring (bicyclic) bond motifs is 1. The summed E-state index contributed by atoms with van der Waals surface area (Å²) in [6, 6.07) is 2.22. The highest BCUT2D eigenvalue weighted by Gasteiger charge is 2.31. The van der Waals surface area contributed by atoms with E-state index in [1.165, 1.54) is 24.3 Å². The van der Waals surface area contributed by atoms with E-state index in [1.807, 2.05) is 24.3 Å². The number of rotatable bonds is 16. The number of aromatic nitrogens is 3. The number of hydrogen-bond acceptors (Lipinski definition) is 8. The highest BCUT2D eigenvalue weighted by atomic mass is 32.2. The molecule has 3 rings (SSSR count). The highest BCUT2D eigenvalue weighted by molar-refractivity contribution is 7.98. The van der Waals surface area contributed by atoms with Crippen LogP contribution in [-0.4, -0.2) is 91.0 Å². The van der Waals surface area contributed by atoms with E-state index < -0.39 is 60.2 Å². The van der Waals surface area contributed by atoms with Gasteiger partial charge in [0.25, 0.3) is 0 Å². The third-order valence-electron chi connectivity index (χ3n) is 6.30. The Labute approximate surface area is 239 Å². The van der Waals surface area contributed by atoms with Gasteiger partial charge in [-0.1, -0.05) is 18.2 Å². The van der Waals surface area contributed by atoms with E-state index in [-0.39, 0.29) is 19.3 Å². The Morgan fingerprint density at radius 3 is 2.29 bits per heavy atom. The van der Waals surface area contributed by atoms with Gasteiger partial charge in [0.15, 0.2) is 0 Å². The number of carbonyl (C=O) groups is 5. The van der Waals surface area contributed by atoms with Gasteiger partial charge in [0.2, 0.25) is 17.7 Å². The number of amides is 3. The van der Waals surface area contributed by atoms with Crippen molar-refractivity contribution in [2.24, 2.45) is 5.73 Å². The first-order valence-corrected chi connectivity index (χ1v) is 14.1. The summed E-state index contributed by atoms with van der Waals surface area (Å²) in [5.41, 5.74) is 7.99. The van der Waals surface area contributed by atoms with Crippen molar-refractivity contribution in [3.05, 3.63) is 54.2 Å². The van der Waals surface area contributed by atoms with Crippen LogP contribution in [0.5, 0.6) is 0 Å². The molecule has 2 aromatic heterocycles. The zero-order valence-electron chi connectivity index (χ0n) is 22.3. The van der Waals surface area contributed by atoms with Gasteiger partial charge in [0.1, 0.15) is 18.1 Å². The smallest absolute Gasteiger partial charge is 0.326 e. The van der Waals surface area contributed by atoms with Gasteiger partial charge in [-0.15, -0.1) is 0 Å². The van der Waals surface area contributed by atoms with Gasteiger partial charge in [-0.3, -0.25) is 19.2 Å². The van der Waals surface area contributed by atoms with Gasteiger partial charge in [0.05, 0.1) is 18.8 Å². The predicted molar refractivity (Wildman–Crippen MR) is 151 cm³/mol. The Hall–Kier alpha value is -4.37. The van der Waals surface area contributed by atoms with Gasteiger partial charge in [-0.05, 0) is 30.1 Å². The first kappa shape index (κ1) is 31.2. The number of carboxylic acids is 2. The van der Waals surface area contributed by atoms with Crippen molar-refractivity contribution in [3.63, 3.8) is 0 Å². The van der Waals surface area contributed by atoms with Crippen LogP contribution in [-0.2, 0) is 36.8 Å². The van der Waals surface area contributed by atoms with Crippen LogP contribution in [0.4, 0.5) is 0 Å². The summed E-state index contributed by atoms with van der Waals surface area (Å²) < 4.78 is 0. The quantitative estimate of drug-likeness (QED) is 0.110. The molecular formula is C26H33N7O7S. The van der Waals surface area contributed by atoms with Gasteiger partial charge in [0, 0.05) is 41.8 Å². The summed E-state index contributed by atoms with van der Waals surface area (Å²) in [7, 11) is 0. The van der Waals surface area contributed by atoms with Crippen LogP contribution in [0, 0.1) is 0 Å². The highest BCUT2D eigenvalue weighted by Crippen LogP contribution is 2.19. The molecule has 14 nitrogen and oxygen atoms in total. The van der Waals surface area contributed by atoms with Crippen LogP contribution < -0.4 is 21.7 Å². The molecule has 0 fully saturated rings. The zero-order chi connectivity index (χ0) is 29.9. The number of carboxylic acid groups (broad SMARTS) is 2. The maximum Gasteiger partial charge on any atom is 0.326 e. The summed E-state index contributed by atoms with van der Waals surface area (Å²) >= 11 is 1.40. The molecule has 0 spiro atoms. The van der Waals surface area contributed by atoms with Crippen molar-refractivity contribution in [1.29, 1.82) is 0 Å². The van der Waals surface area contributed by atoms with Crippen molar-refractivity contribution in [1.82, 2.24) is 30.9 Å². The zero-order valence-corrected chi connectivity index (χ0v) is 23.1. The number of nitrogens with two attached hydrogens (primary N) is 1. The van der Waals surface area contributed by atoms with Crippen molar-refractivity contribution in [2.75, 3.05) is 12.0 Å². The Morgan fingerprint density at radius 2 is 1.63 bits per heavy atom. The average molecular weight is 588 g/mol. The molecule has 2 heterocycles. The van der Waals surface area contributed by atoms with Crippen LogP contribution in [0.2, 0.25) is 0 Å². The first-order chi connectivity index (χ1) is 19.6. The van der Waals surface area contributed by atoms with Crippen LogP contribution >= 0.6 is 11.8 Å². The number of carbonyl (C=O) groups excluding carboxylic acids is 3. The molecule has 220 valence electrons. The molecule has 0 bridgehead atoms. The van der Waals surface area contributed by atoms with Gasteiger partial charge in [-0.25, -0.2) is 9.78 Å². The van der Waals surface area contributed by atoms with E-state index in [9.17, 15) is 34.2 Å². The molecule has 0 radical (unpaired) electrons. The maximum absolute atomic E-state index is 13.2. The molecule has 0 saturated heterocycles. The van der Waals surface area contributed by atoms with Crippen molar-refractivity contribution < 1.29 is 34.2 Å². The number of imidazole rings is 1. The third kappa shape index (κ3) is 9.08. The van der Waals surface area contributed by atoms with Crippen LogP contribution in [0.25, 0.3) is 10.9 Å². The SMILES string of the molecule is CSCCC(NC(=O)C(CC(=O)O)NC(=O)C(N)Cc1cnc[nH]1)C(=O)NC(Cc1c[nH]c2ccccc12)C(=O)O. The number of thioether (sulfide) groups is 1. The lowest BCUT2D eigenvalue weighted by Gasteiger charge is -2.24. The third-order valence-corrected chi connectivity index (χ3v) is 6.94. The Balaban J connectivity index is 1.70. The largest absolute Gasteiger partial charge is 0.481 e. The molecule has 0 aliphatic carbocycles. The fourth-order valence-electron chi connectivity index (χ4n) is 4.16. The second-order valence-corrected chi connectivity index (χ2v) is 10.3. The van der Waals surface area contributed by atoms with E-state index >= 15 is 0 Å². The molecule has 3 amide bonds. The number of para-hydroxylation sites is 1. The average Bonchev–Trinajstić information content (AvgIpc) is 3.59. The number of H-pyrrole nitrogens is 2. The minimum atomic E-state index is -1.53. The van der Waals surface area contributed by atoms with Gasteiger partial charge in [-0.2, -0.15) is 11.8 Å². The standard InChI is InChI=1S/C26H33N7O7S/c1-41-7-6-19(24(37)33-21(26(39)40)8-14-11-29-18-5-3-2-4-16(14)18)31-25(38)20(10-22(34)35)32-23(36)17(27)9-15-12-28-13-30-15/h2-5,11-13,17,19-21,29H,6-10,27H2,1H3,(H,28,30)(H,31,38)(H,32,36)(H,33,37)(H,34,35)(H,39,40). The van der Waals surface area contributed by atoms with Gasteiger partial charge >= 0.3 is 11.9 Å². The van der Waals surface area contributed by atoms with Crippen LogP contribution in [0.3, 0.4) is 0 Å². The topological polar surface area (TPSA) is 232 Å². The summed E-state index contributed by atoms with van der Waals surface area (Å²) in [5, 5.41) is 27.3. The van der Waals surface area contributed by atoms with E-state index in [4.69, 9.17) is 5.73 Å². The van der Waals surface area contributed by atoms with Crippen molar-refractivity contribution >= 4 is 52.3 Å². The summed E-state index contributed by atoms with van der Waals surface area (Å²) in [5.74, 6) is -4.63. The molecular weight excluding hydrogens is 554 g/mol. The Bertz CT molecular complexity index is 1360. The lowest BCUT2D eigenvalue weighted by molar-refractivity contribution is -0.143. The van der Waals surface area contributed by atoms with Crippen LogP contribution in [0.1, 0.15) is 24.1 Å². The number of aliphatic carboxylic acids is 2. The maximum atomic E-state index is 13.2. The number of benzene rings is 1. The lowest BCUT2D eigenvalue weighted by atomic mass is 10.0. The van der Waals surface area contributed by atoms with Crippen molar-refractivity contribution in [3.8, 4) is 0 Å². The molecule has 4 unspecified atom stereocenters. The van der Waals surface area contributed by atoms with E-state index in [0.29, 0.717) is 17.0 Å². The van der Waals surface area contributed by atoms with E-state index in [1.54, 1.807) is 12.5 Å². The molecule has 0 saturated carbocycles. The minimum absolute atomic E-state index is 0.0137. The summed E-state index contributed by atoms with van der Waals surface area (Å²) in [6.07, 6.45) is 5.79. The first-order valence-electron chi connectivity index (χ1n) is 12.7. The van der Waals surface area contributed by atoms with E-state index in [0.717, 1.165) is 10.9 Å². The summed E-state index contributed by atoms with van der Waals surface area (Å²) in [4.78, 5) is 72.1. The number of hydrogen-bond donors (Lipinski definition) is 8. The fraction of sp³-hybridized carbons (Fsp3) is 0.385. The van der Waals surface area contributed by atoms with E-state index in [2.05, 4.69) is 30.9 Å². The Kier molecular flexibility index (Phi) is 11.3. The van der Waals surface area contributed by atoms with Gasteiger partial charge < -0.3 is 41.9 Å². The summed E-state index contributed by atoms with van der Waals surface area (Å²) in [6.45, 7) is 0. The monoisotopic (exact) mass is 587 g/mol. The minimum Gasteiger partial charge on any atom is -0.481 e. The molecule has 0 aliphatic heterocycles. The molecule has 0 aliphatic rings. The number of nitrogens with one attached hydrogen (secondary N) is 5. The number of aromatic amines is 2.